The molecule has 0 amide bonds. The second-order valence-corrected chi connectivity index (χ2v) is 2.58. The number of hydrogen-bond donors (Lipinski definition) is 1. The van der Waals surface area contributed by atoms with Gasteiger partial charge in [-0.15, -0.1) is 0 Å². The largest absolute Gasteiger partial charge is 0.507 e. The molecule has 0 bridgehead atoms. The molecule has 0 unspecified atom stereocenters. The summed E-state index contributed by atoms with van der Waals surface area (Å²) < 4.78 is 0. The van der Waals surface area contributed by atoms with Crippen molar-refractivity contribution in [2.45, 2.75) is 0 Å². The molecule has 2 nitrogen and oxygen atoms in total. The summed E-state index contributed by atoms with van der Waals surface area (Å²) in [5.74, 6) is 0.0700. The maximum absolute atomic E-state index is 9.99. The molecule has 0 aromatic heterocycles. The van der Waals surface area contributed by atoms with Crippen molar-refractivity contribution >= 4 is 24.0 Å². The number of halogens is 1. The Morgan fingerprint density at radius 1 is 1.42 bits per heavy atom. The SMILES string of the molecule is O=C/C=C/c1c(O)cccc1Cl. The lowest BCUT2D eigenvalue weighted by Crippen LogP contribution is -1.76. The molecule has 1 rings (SSSR count). The predicted octanol–water partition coefficient (Wildman–Crippen LogP) is 2.26. The van der Waals surface area contributed by atoms with Crippen LogP contribution in [-0.2, 0) is 4.79 Å². The summed E-state index contributed by atoms with van der Waals surface area (Å²) in [6.07, 6.45) is 3.37. The second kappa shape index (κ2) is 3.93. The first kappa shape index (κ1) is 8.81. The maximum atomic E-state index is 9.99. The minimum absolute atomic E-state index is 0.0700. The number of aromatic hydroxyl groups is 1. The molecule has 0 heterocycles. The molecule has 0 radical (unpaired) electrons. The number of benzene rings is 1. The van der Waals surface area contributed by atoms with E-state index in [1.54, 1.807) is 12.1 Å². The van der Waals surface area contributed by atoms with Gasteiger partial charge in [-0.25, -0.2) is 0 Å². The van der Waals surface area contributed by atoms with Gasteiger partial charge in [-0.05, 0) is 24.3 Å². The molecule has 1 N–H and O–H groups in total. The lowest BCUT2D eigenvalue weighted by Gasteiger charge is -1.99. The Morgan fingerprint density at radius 2 is 2.17 bits per heavy atom. The number of hydrogen-bond acceptors (Lipinski definition) is 2. The number of phenolic OH excluding ortho intramolecular Hbond substituents is 1. The first-order valence-corrected chi connectivity index (χ1v) is 3.73. The molecule has 0 aliphatic carbocycles. The smallest absolute Gasteiger partial charge is 0.142 e. The third-order valence-corrected chi connectivity index (χ3v) is 1.70. The number of phenols is 1. The summed E-state index contributed by atoms with van der Waals surface area (Å²) in [4.78, 5) is 9.99. The molecule has 0 saturated carbocycles. The molecular weight excluding hydrogens is 176 g/mol. The highest BCUT2D eigenvalue weighted by molar-refractivity contribution is 6.32. The Kier molecular flexibility index (Phi) is 2.88. The first-order valence-electron chi connectivity index (χ1n) is 3.35. The van der Waals surface area contributed by atoms with Crippen LogP contribution in [0.4, 0.5) is 0 Å². The zero-order valence-electron chi connectivity index (χ0n) is 6.20. The van der Waals surface area contributed by atoms with E-state index in [1.807, 2.05) is 0 Å². The molecule has 3 heteroatoms. The van der Waals surface area contributed by atoms with E-state index in [0.717, 1.165) is 0 Å². The number of carbonyl (C=O) groups is 1. The minimum atomic E-state index is 0.0700. The summed E-state index contributed by atoms with van der Waals surface area (Å²) in [6, 6.07) is 4.79. The van der Waals surface area contributed by atoms with Crippen LogP contribution < -0.4 is 0 Å². The van der Waals surface area contributed by atoms with E-state index in [4.69, 9.17) is 11.6 Å². The van der Waals surface area contributed by atoms with Crippen LogP contribution in [0.5, 0.6) is 5.75 Å². The van der Waals surface area contributed by atoms with Crippen LogP contribution in [0, 0.1) is 0 Å². The molecule has 0 fully saturated rings. The van der Waals surface area contributed by atoms with Gasteiger partial charge in [0, 0.05) is 5.56 Å². The van der Waals surface area contributed by atoms with E-state index in [1.165, 1.54) is 18.2 Å². The van der Waals surface area contributed by atoms with Crippen LogP contribution in [0.1, 0.15) is 5.56 Å². The summed E-state index contributed by atoms with van der Waals surface area (Å²) in [5.41, 5.74) is 0.464. The van der Waals surface area contributed by atoms with E-state index < -0.39 is 0 Å². The second-order valence-electron chi connectivity index (χ2n) is 2.17. The van der Waals surface area contributed by atoms with Crippen molar-refractivity contribution in [1.29, 1.82) is 0 Å². The van der Waals surface area contributed by atoms with Crippen molar-refractivity contribution in [3.63, 3.8) is 0 Å². The monoisotopic (exact) mass is 182 g/mol. The Balaban J connectivity index is 3.12. The van der Waals surface area contributed by atoms with Crippen molar-refractivity contribution < 1.29 is 9.90 Å². The van der Waals surface area contributed by atoms with E-state index >= 15 is 0 Å². The Hall–Kier alpha value is -1.28. The fourth-order valence-corrected chi connectivity index (χ4v) is 1.06. The van der Waals surface area contributed by atoms with Gasteiger partial charge in [0.15, 0.2) is 0 Å². The van der Waals surface area contributed by atoms with Gasteiger partial charge in [-0.3, -0.25) is 4.79 Å². The lowest BCUT2D eigenvalue weighted by molar-refractivity contribution is -0.104. The molecule has 0 saturated heterocycles. The van der Waals surface area contributed by atoms with Crippen LogP contribution in [0.2, 0.25) is 5.02 Å². The van der Waals surface area contributed by atoms with Gasteiger partial charge in [0.2, 0.25) is 0 Å². The normalized spacial score (nSPS) is 10.4. The quantitative estimate of drug-likeness (QED) is 0.563. The fraction of sp³-hybridized carbons (Fsp3) is 0. The highest BCUT2D eigenvalue weighted by Gasteiger charge is 2.00. The summed E-state index contributed by atoms with van der Waals surface area (Å²) >= 11 is 5.74. The Bertz CT molecular complexity index is 298. The van der Waals surface area contributed by atoms with Gasteiger partial charge < -0.3 is 5.11 Å². The van der Waals surface area contributed by atoms with Gasteiger partial charge >= 0.3 is 0 Å². The highest BCUT2D eigenvalue weighted by atomic mass is 35.5. The number of rotatable bonds is 2. The molecular formula is C9H7ClO2. The average Bonchev–Trinajstić information content (AvgIpc) is 2.04. The van der Waals surface area contributed by atoms with E-state index in [9.17, 15) is 9.90 Å². The molecule has 0 atom stereocenters. The summed E-state index contributed by atoms with van der Waals surface area (Å²) in [5, 5.41) is 9.69. The van der Waals surface area contributed by atoms with Gasteiger partial charge in [-0.2, -0.15) is 0 Å². The predicted molar refractivity (Wildman–Crippen MR) is 48.2 cm³/mol. The maximum Gasteiger partial charge on any atom is 0.142 e. The van der Waals surface area contributed by atoms with E-state index in [2.05, 4.69) is 0 Å². The summed E-state index contributed by atoms with van der Waals surface area (Å²) in [7, 11) is 0. The third-order valence-electron chi connectivity index (χ3n) is 1.37. The molecule has 62 valence electrons. The molecule has 1 aromatic carbocycles. The van der Waals surface area contributed by atoms with Crippen LogP contribution in [0.3, 0.4) is 0 Å². The summed E-state index contributed by atoms with van der Waals surface area (Å²) in [6.45, 7) is 0. The van der Waals surface area contributed by atoms with Crippen molar-refractivity contribution in [1.82, 2.24) is 0 Å². The van der Waals surface area contributed by atoms with Gasteiger partial charge in [0.25, 0.3) is 0 Å². The van der Waals surface area contributed by atoms with E-state index in [-0.39, 0.29) is 5.75 Å². The van der Waals surface area contributed by atoms with Crippen LogP contribution in [0.15, 0.2) is 24.3 Å². The van der Waals surface area contributed by atoms with E-state index in [0.29, 0.717) is 16.9 Å². The topological polar surface area (TPSA) is 37.3 Å². The Morgan fingerprint density at radius 3 is 2.75 bits per heavy atom. The standard InChI is InChI=1S/C9H7ClO2/c10-8-4-1-5-9(12)7(8)3-2-6-11/h1-6,12H/b3-2+. The highest BCUT2D eigenvalue weighted by Crippen LogP contribution is 2.25. The average molecular weight is 183 g/mol. The molecule has 0 aliphatic heterocycles. The molecule has 12 heavy (non-hydrogen) atoms. The van der Waals surface area contributed by atoms with Crippen molar-refractivity contribution in [2.24, 2.45) is 0 Å². The van der Waals surface area contributed by atoms with Crippen LogP contribution in [0.25, 0.3) is 6.08 Å². The van der Waals surface area contributed by atoms with Crippen molar-refractivity contribution in [3.8, 4) is 5.75 Å². The zero-order chi connectivity index (χ0) is 8.97. The molecule has 0 spiro atoms. The number of aldehydes is 1. The van der Waals surface area contributed by atoms with Gasteiger partial charge in [-0.1, -0.05) is 17.7 Å². The number of carbonyl (C=O) groups excluding carboxylic acids is 1. The zero-order valence-corrected chi connectivity index (χ0v) is 6.95. The molecule has 1 aromatic rings. The fourth-order valence-electron chi connectivity index (χ4n) is 0.826. The van der Waals surface area contributed by atoms with Crippen LogP contribution in [-0.4, -0.2) is 11.4 Å². The van der Waals surface area contributed by atoms with Crippen LogP contribution >= 0.6 is 11.6 Å². The van der Waals surface area contributed by atoms with Gasteiger partial charge in [0.05, 0.1) is 5.02 Å². The van der Waals surface area contributed by atoms with Crippen molar-refractivity contribution in [2.75, 3.05) is 0 Å². The lowest BCUT2D eigenvalue weighted by atomic mass is 10.2. The minimum Gasteiger partial charge on any atom is -0.507 e. The molecule has 0 aliphatic rings. The first-order chi connectivity index (χ1) is 5.75. The van der Waals surface area contributed by atoms with Gasteiger partial charge in [0.1, 0.15) is 12.0 Å². The number of allylic oxidation sites excluding steroid dienone is 1. The third kappa shape index (κ3) is 1.86. The van der Waals surface area contributed by atoms with Crippen molar-refractivity contribution in [3.05, 3.63) is 34.9 Å². The Labute approximate surface area is 75.1 Å².